The number of carbonyl (C=O) groups is 1. The van der Waals surface area contributed by atoms with E-state index < -0.39 is 0 Å². The molecule has 27 heavy (non-hydrogen) atoms. The maximum absolute atomic E-state index is 12.7. The Morgan fingerprint density at radius 3 is 2.67 bits per heavy atom. The van der Waals surface area contributed by atoms with Crippen LogP contribution in [-0.4, -0.2) is 43.6 Å². The molecule has 1 fully saturated rings. The number of hydrogen-bond acceptors (Lipinski definition) is 3. The molecule has 2 aliphatic rings. The van der Waals surface area contributed by atoms with Gasteiger partial charge in [-0.25, -0.2) is 0 Å². The zero-order chi connectivity index (χ0) is 18.6. The monoisotopic (exact) mass is 364 g/mol. The van der Waals surface area contributed by atoms with Crippen molar-refractivity contribution in [3.63, 3.8) is 0 Å². The van der Waals surface area contributed by atoms with Gasteiger partial charge in [-0.15, -0.1) is 0 Å². The Balaban J connectivity index is 1.35. The average Bonchev–Trinajstić information content (AvgIpc) is 3.10. The van der Waals surface area contributed by atoms with E-state index in [2.05, 4.69) is 47.8 Å². The van der Waals surface area contributed by atoms with Gasteiger partial charge in [0.1, 0.15) is 11.9 Å². The van der Waals surface area contributed by atoms with E-state index in [0.29, 0.717) is 6.54 Å². The van der Waals surface area contributed by atoms with Crippen molar-refractivity contribution in [2.24, 2.45) is 5.92 Å². The van der Waals surface area contributed by atoms with Crippen LogP contribution in [0.4, 0.5) is 0 Å². The summed E-state index contributed by atoms with van der Waals surface area (Å²) in [6.45, 7) is 2.55. The van der Waals surface area contributed by atoms with Crippen LogP contribution in [0.25, 0.3) is 0 Å². The Hall–Kier alpha value is -2.33. The number of piperidine rings is 1. The zero-order valence-electron chi connectivity index (χ0n) is 16.0. The van der Waals surface area contributed by atoms with Crippen molar-refractivity contribution in [1.29, 1.82) is 0 Å². The quantitative estimate of drug-likeness (QED) is 0.887. The van der Waals surface area contributed by atoms with Crippen molar-refractivity contribution in [2.75, 3.05) is 26.7 Å². The average molecular weight is 364 g/mol. The van der Waals surface area contributed by atoms with Crippen molar-refractivity contribution >= 4 is 5.91 Å². The summed E-state index contributed by atoms with van der Waals surface area (Å²) in [5.74, 6) is 1.40. The summed E-state index contributed by atoms with van der Waals surface area (Å²) in [6, 6.07) is 17.0. The first kappa shape index (κ1) is 18.1. The molecule has 4 rings (SSSR count). The first-order valence-corrected chi connectivity index (χ1v) is 9.97. The molecular weight excluding hydrogens is 336 g/mol. The molecule has 2 aromatic rings. The summed E-state index contributed by atoms with van der Waals surface area (Å²) in [5.41, 5.74) is 3.89. The van der Waals surface area contributed by atoms with Gasteiger partial charge in [0.15, 0.2) is 0 Å². The largest absolute Gasteiger partial charge is 0.488 e. The van der Waals surface area contributed by atoms with Gasteiger partial charge in [0.25, 0.3) is 0 Å². The SMILES string of the molecule is CN(CC1Cc2cc(Cc3ccccc3)ccc2O1)C(=O)C1CCNCC1. The highest BCUT2D eigenvalue weighted by Gasteiger charge is 2.29. The third kappa shape index (κ3) is 4.33. The van der Waals surface area contributed by atoms with Gasteiger partial charge in [-0.3, -0.25) is 4.79 Å². The van der Waals surface area contributed by atoms with Gasteiger partial charge in [0.05, 0.1) is 6.54 Å². The van der Waals surface area contributed by atoms with Crippen LogP contribution in [0.1, 0.15) is 29.5 Å². The molecular formula is C23H28N2O2. The Kier molecular flexibility index (Phi) is 5.44. The molecule has 0 aromatic heterocycles. The molecule has 4 nitrogen and oxygen atoms in total. The molecule has 1 N–H and O–H groups in total. The molecule has 4 heteroatoms. The van der Waals surface area contributed by atoms with Gasteiger partial charge in [-0.05, 0) is 55.1 Å². The molecule has 0 bridgehead atoms. The highest BCUT2D eigenvalue weighted by Crippen LogP contribution is 2.31. The standard InChI is InChI=1S/C23H28N2O2/c1-25(23(26)19-9-11-24-12-10-19)16-21-15-20-14-18(7-8-22(20)27-21)13-17-5-3-2-4-6-17/h2-8,14,19,21,24H,9-13,15-16H2,1H3. The smallest absolute Gasteiger partial charge is 0.225 e. The minimum atomic E-state index is 0.0580. The molecule has 2 aliphatic heterocycles. The van der Waals surface area contributed by atoms with Crippen LogP contribution in [-0.2, 0) is 17.6 Å². The van der Waals surface area contributed by atoms with Crippen LogP contribution in [0.3, 0.4) is 0 Å². The fourth-order valence-electron chi connectivity index (χ4n) is 4.19. The van der Waals surface area contributed by atoms with Gasteiger partial charge >= 0.3 is 0 Å². The molecule has 0 saturated carbocycles. The van der Waals surface area contributed by atoms with Gasteiger partial charge in [-0.2, -0.15) is 0 Å². The van der Waals surface area contributed by atoms with E-state index >= 15 is 0 Å². The summed E-state index contributed by atoms with van der Waals surface area (Å²) in [5, 5.41) is 3.32. The van der Waals surface area contributed by atoms with Crippen LogP contribution < -0.4 is 10.1 Å². The van der Waals surface area contributed by atoms with E-state index in [4.69, 9.17) is 4.74 Å². The summed E-state index contributed by atoms with van der Waals surface area (Å²) in [7, 11) is 1.91. The number of fused-ring (bicyclic) bond motifs is 1. The predicted molar refractivity (Wildman–Crippen MR) is 107 cm³/mol. The minimum Gasteiger partial charge on any atom is -0.488 e. The van der Waals surface area contributed by atoms with E-state index in [0.717, 1.165) is 44.5 Å². The van der Waals surface area contributed by atoms with Crippen LogP contribution in [0.5, 0.6) is 5.75 Å². The number of amides is 1. The highest BCUT2D eigenvalue weighted by atomic mass is 16.5. The fourth-order valence-corrected chi connectivity index (χ4v) is 4.19. The number of nitrogens with zero attached hydrogens (tertiary/aromatic N) is 1. The van der Waals surface area contributed by atoms with E-state index in [-0.39, 0.29) is 17.9 Å². The van der Waals surface area contributed by atoms with Crippen LogP contribution in [0, 0.1) is 5.92 Å². The minimum absolute atomic E-state index is 0.0580. The van der Waals surface area contributed by atoms with Crippen LogP contribution >= 0.6 is 0 Å². The topological polar surface area (TPSA) is 41.6 Å². The molecule has 1 saturated heterocycles. The first-order valence-electron chi connectivity index (χ1n) is 9.97. The predicted octanol–water partition coefficient (Wildman–Crippen LogP) is 3.04. The van der Waals surface area contributed by atoms with Crippen LogP contribution in [0.15, 0.2) is 48.5 Å². The Morgan fingerprint density at radius 1 is 1.11 bits per heavy atom. The summed E-state index contributed by atoms with van der Waals surface area (Å²) in [6.07, 6.45) is 3.76. The summed E-state index contributed by atoms with van der Waals surface area (Å²) in [4.78, 5) is 14.5. The van der Waals surface area contributed by atoms with Crippen molar-refractivity contribution in [3.8, 4) is 5.75 Å². The number of benzene rings is 2. The zero-order valence-corrected chi connectivity index (χ0v) is 16.0. The van der Waals surface area contributed by atoms with Crippen LogP contribution in [0.2, 0.25) is 0 Å². The van der Waals surface area contributed by atoms with Gasteiger partial charge in [0.2, 0.25) is 5.91 Å². The van der Waals surface area contributed by atoms with Crippen molar-refractivity contribution in [3.05, 3.63) is 65.2 Å². The van der Waals surface area contributed by atoms with E-state index in [1.54, 1.807) is 0 Å². The lowest BCUT2D eigenvalue weighted by molar-refractivity contribution is -0.135. The molecule has 2 aromatic carbocycles. The highest BCUT2D eigenvalue weighted by molar-refractivity contribution is 5.78. The van der Waals surface area contributed by atoms with Gasteiger partial charge in [0, 0.05) is 19.4 Å². The van der Waals surface area contributed by atoms with Gasteiger partial charge in [-0.1, -0.05) is 42.5 Å². The number of hydrogen-bond donors (Lipinski definition) is 1. The lowest BCUT2D eigenvalue weighted by Crippen LogP contribution is -2.42. The second kappa shape index (κ2) is 8.13. The number of carbonyl (C=O) groups excluding carboxylic acids is 1. The van der Waals surface area contributed by atoms with Crippen molar-refractivity contribution in [1.82, 2.24) is 10.2 Å². The third-order valence-corrected chi connectivity index (χ3v) is 5.66. The number of likely N-dealkylation sites (N-methyl/N-ethyl adjacent to an activating group) is 1. The second-order valence-electron chi connectivity index (χ2n) is 7.79. The lowest BCUT2D eigenvalue weighted by Gasteiger charge is -2.28. The molecule has 0 aliphatic carbocycles. The van der Waals surface area contributed by atoms with E-state index in [1.807, 2.05) is 18.0 Å². The molecule has 1 amide bonds. The molecule has 2 heterocycles. The molecule has 142 valence electrons. The van der Waals surface area contributed by atoms with Crippen molar-refractivity contribution in [2.45, 2.75) is 31.8 Å². The summed E-state index contributed by atoms with van der Waals surface area (Å²) >= 11 is 0. The second-order valence-corrected chi connectivity index (χ2v) is 7.79. The molecule has 0 radical (unpaired) electrons. The maximum Gasteiger partial charge on any atom is 0.225 e. The first-order chi connectivity index (χ1) is 13.2. The third-order valence-electron chi connectivity index (χ3n) is 5.66. The fraction of sp³-hybridized carbons (Fsp3) is 0.435. The maximum atomic E-state index is 12.7. The van der Waals surface area contributed by atoms with E-state index in [9.17, 15) is 4.79 Å². The number of nitrogens with one attached hydrogen (secondary N) is 1. The number of rotatable bonds is 5. The Bertz CT molecular complexity index is 784. The molecule has 1 unspecified atom stereocenters. The lowest BCUT2D eigenvalue weighted by atomic mass is 9.96. The summed E-state index contributed by atoms with van der Waals surface area (Å²) < 4.78 is 6.11. The number of ether oxygens (including phenoxy) is 1. The van der Waals surface area contributed by atoms with Gasteiger partial charge < -0.3 is 15.0 Å². The van der Waals surface area contributed by atoms with E-state index in [1.165, 1.54) is 16.7 Å². The Labute approximate surface area is 161 Å². The Morgan fingerprint density at radius 2 is 1.89 bits per heavy atom. The normalized spacial score (nSPS) is 19.4. The molecule has 1 atom stereocenters. The molecule has 0 spiro atoms. The van der Waals surface area contributed by atoms with Crippen molar-refractivity contribution < 1.29 is 9.53 Å².